The first-order valence-electron chi connectivity index (χ1n) is 3.94. The van der Waals surface area contributed by atoms with E-state index in [1.807, 2.05) is 0 Å². The highest BCUT2D eigenvalue weighted by molar-refractivity contribution is 6.34. The SMILES string of the molecule is Cn1cc2cc(Cl)c(C(=O)O)cc2n1. The topological polar surface area (TPSA) is 55.1 Å². The molecule has 0 spiro atoms. The molecule has 0 saturated heterocycles. The Morgan fingerprint density at radius 1 is 1.57 bits per heavy atom. The molecule has 72 valence electrons. The van der Waals surface area contributed by atoms with E-state index in [1.165, 1.54) is 6.07 Å². The van der Waals surface area contributed by atoms with Gasteiger partial charge in [0, 0.05) is 18.6 Å². The summed E-state index contributed by atoms with van der Waals surface area (Å²) in [5, 5.41) is 14.0. The summed E-state index contributed by atoms with van der Waals surface area (Å²) in [5.41, 5.74) is 0.715. The van der Waals surface area contributed by atoms with E-state index in [4.69, 9.17) is 16.7 Å². The van der Waals surface area contributed by atoms with Crippen molar-refractivity contribution < 1.29 is 9.90 Å². The summed E-state index contributed by atoms with van der Waals surface area (Å²) in [6, 6.07) is 3.08. The maximum Gasteiger partial charge on any atom is 0.337 e. The number of benzene rings is 1. The van der Waals surface area contributed by atoms with Crippen LogP contribution >= 0.6 is 11.6 Å². The van der Waals surface area contributed by atoms with Crippen LogP contribution in [0.3, 0.4) is 0 Å². The van der Waals surface area contributed by atoms with E-state index in [0.29, 0.717) is 5.52 Å². The van der Waals surface area contributed by atoms with Crippen LogP contribution in [0.1, 0.15) is 10.4 Å². The Morgan fingerprint density at radius 2 is 2.29 bits per heavy atom. The number of carboxylic acid groups (broad SMARTS) is 1. The Bertz CT molecular complexity index is 519. The van der Waals surface area contributed by atoms with Crippen molar-refractivity contribution in [2.24, 2.45) is 7.05 Å². The van der Waals surface area contributed by atoms with Gasteiger partial charge in [-0.25, -0.2) is 4.79 Å². The monoisotopic (exact) mass is 210 g/mol. The number of aromatic carboxylic acids is 1. The first-order valence-corrected chi connectivity index (χ1v) is 4.32. The van der Waals surface area contributed by atoms with E-state index < -0.39 is 5.97 Å². The molecule has 1 N–H and O–H groups in total. The number of nitrogens with zero attached hydrogens (tertiary/aromatic N) is 2. The number of hydrogen-bond acceptors (Lipinski definition) is 2. The Labute approximate surface area is 84.7 Å². The fourth-order valence-electron chi connectivity index (χ4n) is 1.33. The molecule has 0 atom stereocenters. The van der Waals surface area contributed by atoms with Crippen molar-refractivity contribution in [1.29, 1.82) is 0 Å². The standard InChI is InChI=1S/C9H7ClN2O2/c1-12-4-5-2-7(10)6(9(13)14)3-8(5)11-12/h2-4H,1H3,(H,13,14). The van der Waals surface area contributed by atoms with Crippen LogP contribution in [0.5, 0.6) is 0 Å². The van der Waals surface area contributed by atoms with Crippen molar-refractivity contribution >= 4 is 28.5 Å². The van der Waals surface area contributed by atoms with Gasteiger partial charge in [0.2, 0.25) is 0 Å². The van der Waals surface area contributed by atoms with E-state index >= 15 is 0 Å². The van der Waals surface area contributed by atoms with Gasteiger partial charge in [-0.3, -0.25) is 4.68 Å². The number of carboxylic acids is 1. The average molecular weight is 211 g/mol. The van der Waals surface area contributed by atoms with Crippen LogP contribution in [0.4, 0.5) is 0 Å². The number of halogens is 1. The van der Waals surface area contributed by atoms with Gasteiger partial charge in [-0.2, -0.15) is 5.10 Å². The van der Waals surface area contributed by atoms with Gasteiger partial charge in [0.1, 0.15) is 0 Å². The molecule has 0 amide bonds. The lowest BCUT2D eigenvalue weighted by Gasteiger charge is -1.97. The zero-order chi connectivity index (χ0) is 10.3. The van der Waals surface area contributed by atoms with Crippen LogP contribution in [0.25, 0.3) is 10.9 Å². The highest BCUT2D eigenvalue weighted by atomic mass is 35.5. The summed E-state index contributed by atoms with van der Waals surface area (Å²) in [5.74, 6) is -1.04. The quantitative estimate of drug-likeness (QED) is 0.783. The van der Waals surface area contributed by atoms with Crippen LogP contribution in [0, 0.1) is 0 Å². The minimum atomic E-state index is -1.04. The van der Waals surface area contributed by atoms with E-state index in [-0.39, 0.29) is 10.6 Å². The van der Waals surface area contributed by atoms with Crippen LogP contribution in [-0.4, -0.2) is 20.9 Å². The Balaban J connectivity index is 2.76. The second-order valence-corrected chi connectivity index (χ2v) is 3.41. The third kappa shape index (κ3) is 1.33. The summed E-state index contributed by atoms with van der Waals surface area (Å²) in [4.78, 5) is 10.8. The summed E-state index contributed by atoms with van der Waals surface area (Å²) >= 11 is 5.79. The average Bonchev–Trinajstić information content (AvgIpc) is 2.42. The Hall–Kier alpha value is -1.55. The van der Waals surface area contributed by atoms with Crippen molar-refractivity contribution in [3.8, 4) is 0 Å². The number of rotatable bonds is 1. The van der Waals surface area contributed by atoms with Gasteiger partial charge >= 0.3 is 5.97 Å². The molecule has 2 rings (SSSR count). The number of hydrogen-bond donors (Lipinski definition) is 1. The predicted molar refractivity (Wildman–Crippen MR) is 52.7 cm³/mol. The van der Waals surface area contributed by atoms with Crippen molar-refractivity contribution in [2.45, 2.75) is 0 Å². The normalized spacial score (nSPS) is 10.7. The van der Waals surface area contributed by atoms with Gasteiger partial charge in [0.15, 0.2) is 0 Å². The Morgan fingerprint density at radius 3 is 2.93 bits per heavy atom. The van der Waals surface area contributed by atoms with Gasteiger partial charge in [0.05, 0.1) is 16.1 Å². The molecule has 0 bridgehead atoms. The molecule has 5 heteroatoms. The van der Waals surface area contributed by atoms with Crippen LogP contribution in [-0.2, 0) is 7.05 Å². The van der Waals surface area contributed by atoms with E-state index in [1.54, 1.807) is 24.0 Å². The van der Waals surface area contributed by atoms with Gasteiger partial charge in [-0.15, -0.1) is 0 Å². The van der Waals surface area contributed by atoms with Gasteiger partial charge in [-0.1, -0.05) is 11.6 Å². The molecule has 0 fully saturated rings. The number of fused-ring (bicyclic) bond motifs is 1. The molecule has 0 aliphatic rings. The third-order valence-corrected chi connectivity index (χ3v) is 2.25. The molecular weight excluding hydrogens is 204 g/mol. The number of aryl methyl sites for hydroxylation is 1. The van der Waals surface area contributed by atoms with Crippen molar-refractivity contribution in [3.63, 3.8) is 0 Å². The second-order valence-electron chi connectivity index (χ2n) is 3.00. The molecule has 0 unspecified atom stereocenters. The number of carbonyl (C=O) groups is 1. The molecule has 0 radical (unpaired) electrons. The molecule has 1 aromatic heterocycles. The van der Waals surface area contributed by atoms with E-state index in [2.05, 4.69) is 5.10 Å². The molecule has 2 aromatic rings. The van der Waals surface area contributed by atoms with Gasteiger partial charge in [0.25, 0.3) is 0 Å². The predicted octanol–water partition coefficient (Wildman–Crippen LogP) is 1.92. The zero-order valence-electron chi connectivity index (χ0n) is 7.36. The van der Waals surface area contributed by atoms with E-state index in [0.717, 1.165) is 5.39 Å². The first-order chi connectivity index (χ1) is 6.58. The third-order valence-electron chi connectivity index (χ3n) is 1.94. The van der Waals surface area contributed by atoms with Crippen molar-refractivity contribution in [2.75, 3.05) is 0 Å². The van der Waals surface area contributed by atoms with Crippen LogP contribution in [0.15, 0.2) is 18.3 Å². The van der Waals surface area contributed by atoms with Crippen molar-refractivity contribution in [1.82, 2.24) is 9.78 Å². The maximum absolute atomic E-state index is 10.8. The highest BCUT2D eigenvalue weighted by Crippen LogP contribution is 2.22. The fourth-order valence-corrected chi connectivity index (χ4v) is 1.58. The summed E-state index contributed by atoms with van der Waals surface area (Å²) in [6.45, 7) is 0. The molecule has 1 aromatic carbocycles. The molecule has 0 aliphatic carbocycles. The van der Waals surface area contributed by atoms with E-state index in [9.17, 15) is 4.79 Å². The minimum absolute atomic E-state index is 0.0814. The van der Waals surface area contributed by atoms with Crippen LogP contribution in [0.2, 0.25) is 5.02 Å². The van der Waals surface area contributed by atoms with Gasteiger partial charge < -0.3 is 5.11 Å². The lowest BCUT2D eigenvalue weighted by Crippen LogP contribution is -1.96. The maximum atomic E-state index is 10.8. The molecule has 1 heterocycles. The lowest BCUT2D eigenvalue weighted by atomic mass is 10.2. The molecule has 0 aliphatic heterocycles. The molecule has 0 saturated carbocycles. The van der Waals surface area contributed by atoms with Gasteiger partial charge in [-0.05, 0) is 12.1 Å². The molecular formula is C9H7ClN2O2. The highest BCUT2D eigenvalue weighted by Gasteiger charge is 2.11. The van der Waals surface area contributed by atoms with Crippen molar-refractivity contribution in [3.05, 3.63) is 28.9 Å². The second kappa shape index (κ2) is 2.99. The summed E-state index contributed by atoms with van der Waals surface area (Å²) in [6.07, 6.45) is 1.78. The number of aromatic nitrogens is 2. The minimum Gasteiger partial charge on any atom is -0.478 e. The fraction of sp³-hybridized carbons (Fsp3) is 0.111. The zero-order valence-corrected chi connectivity index (χ0v) is 8.12. The molecule has 4 nitrogen and oxygen atoms in total. The summed E-state index contributed by atoms with van der Waals surface area (Å²) in [7, 11) is 1.77. The Kier molecular flexibility index (Phi) is 1.93. The summed E-state index contributed by atoms with van der Waals surface area (Å²) < 4.78 is 1.62. The van der Waals surface area contributed by atoms with Crippen LogP contribution < -0.4 is 0 Å². The lowest BCUT2D eigenvalue weighted by molar-refractivity contribution is 0.0697. The first kappa shape index (κ1) is 9.02. The molecule has 14 heavy (non-hydrogen) atoms. The largest absolute Gasteiger partial charge is 0.478 e. The smallest absolute Gasteiger partial charge is 0.337 e.